The smallest absolute Gasteiger partial charge is 0.352 e. The van der Waals surface area contributed by atoms with Gasteiger partial charge in [-0.25, -0.2) is 4.79 Å². The molecule has 0 spiro atoms. The first-order valence-electron chi connectivity index (χ1n) is 5.63. The number of esters is 1. The highest BCUT2D eigenvalue weighted by Gasteiger charge is 2.09. The summed E-state index contributed by atoms with van der Waals surface area (Å²) in [6, 6.07) is 10.3. The van der Waals surface area contributed by atoms with Crippen molar-refractivity contribution < 1.29 is 24.1 Å². The Morgan fingerprint density at radius 1 is 0.842 bits per heavy atom. The highest BCUT2D eigenvalue weighted by Crippen LogP contribution is 2.32. The first kappa shape index (κ1) is 12.9. The Bertz CT molecular complexity index is 633. The van der Waals surface area contributed by atoms with E-state index in [9.17, 15) is 9.59 Å². The Labute approximate surface area is 109 Å². The zero-order valence-electron chi connectivity index (χ0n) is 10.5. The van der Waals surface area contributed by atoms with E-state index in [1.807, 2.05) is 0 Å². The molecule has 2 rings (SSSR count). The van der Waals surface area contributed by atoms with Crippen LogP contribution in [0.2, 0.25) is 0 Å². The minimum atomic E-state index is -0.548. The molecule has 0 amide bonds. The van der Waals surface area contributed by atoms with E-state index in [1.165, 1.54) is 13.8 Å². The third-order valence-corrected chi connectivity index (χ3v) is 2.34. The van der Waals surface area contributed by atoms with Gasteiger partial charge in [-0.2, -0.15) is 0 Å². The van der Waals surface area contributed by atoms with E-state index in [0.29, 0.717) is 22.3 Å². The molecule has 98 valence electrons. The Hall–Kier alpha value is -2.56. The van der Waals surface area contributed by atoms with Crippen LogP contribution in [0.3, 0.4) is 0 Å². The summed E-state index contributed by atoms with van der Waals surface area (Å²) in [5.41, 5.74) is 0. The highest BCUT2D eigenvalue weighted by atomic mass is 17.2. The average molecular weight is 260 g/mol. The standard InChI is InChI=1S/C14H12O5/c1-9(15)17-13-7-3-6-12-11(13)5-4-8-14(12)19-18-10(2)16/h3-8H,1-2H3. The first-order chi connectivity index (χ1) is 9.08. The Kier molecular flexibility index (Phi) is 3.66. The molecule has 5 heteroatoms. The maximum atomic E-state index is 11.0. The van der Waals surface area contributed by atoms with Crippen LogP contribution in [0.5, 0.6) is 11.5 Å². The van der Waals surface area contributed by atoms with E-state index in [0.717, 1.165) is 0 Å². The van der Waals surface area contributed by atoms with E-state index in [4.69, 9.17) is 9.62 Å². The summed E-state index contributed by atoms with van der Waals surface area (Å²) < 4.78 is 5.11. The minimum absolute atomic E-state index is 0.377. The maximum absolute atomic E-state index is 11.0. The lowest BCUT2D eigenvalue weighted by Gasteiger charge is -2.09. The zero-order valence-corrected chi connectivity index (χ0v) is 10.5. The van der Waals surface area contributed by atoms with E-state index in [-0.39, 0.29) is 0 Å². The highest BCUT2D eigenvalue weighted by molar-refractivity contribution is 5.94. The van der Waals surface area contributed by atoms with Gasteiger partial charge < -0.3 is 4.74 Å². The fourth-order valence-electron chi connectivity index (χ4n) is 1.67. The fraction of sp³-hybridized carbons (Fsp3) is 0.143. The van der Waals surface area contributed by atoms with E-state index < -0.39 is 11.9 Å². The summed E-state index contributed by atoms with van der Waals surface area (Å²) in [6.07, 6.45) is 0. The van der Waals surface area contributed by atoms with E-state index >= 15 is 0 Å². The van der Waals surface area contributed by atoms with Crippen molar-refractivity contribution in [1.29, 1.82) is 0 Å². The number of hydrogen-bond acceptors (Lipinski definition) is 5. The van der Waals surface area contributed by atoms with Gasteiger partial charge in [0.05, 0.1) is 0 Å². The molecule has 0 heterocycles. The first-order valence-corrected chi connectivity index (χ1v) is 5.63. The number of carbonyl (C=O) groups excluding carboxylic acids is 2. The van der Waals surface area contributed by atoms with Gasteiger partial charge in [0.2, 0.25) is 0 Å². The van der Waals surface area contributed by atoms with Crippen molar-refractivity contribution >= 4 is 22.7 Å². The molecule has 2 aromatic carbocycles. The average Bonchev–Trinajstić information content (AvgIpc) is 2.36. The number of hydrogen-bond donors (Lipinski definition) is 0. The van der Waals surface area contributed by atoms with Crippen molar-refractivity contribution in [3.63, 3.8) is 0 Å². The molecule has 0 aliphatic carbocycles. The Morgan fingerprint density at radius 3 is 2.00 bits per heavy atom. The SMILES string of the molecule is CC(=O)OOc1cccc2c(OC(C)=O)cccc12. The number of rotatable bonds is 3. The lowest BCUT2D eigenvalue weighted by atomic mass is 10.1. The lowest BCUT2D eigenvalue weighted by Crippen LogP contribution is -2.04. The largest absolute Gasteiger partial charge is 0.426 e. The lowest BCUT2D eigenvalue weighted by molar-refractivity contribution is -0.210. The van der Waals surface area contributed by atoms with Crippen LogP contribution >= 0.6 is 0 Å². The number of benzene rings is 2. The van der Waals surface area contributed by atoms with Crippen molar-refractivity contribution in [1.82, 2.24) is 0 Å². The van der Waals surface area contributed by atoms with Gasteiger partial charge in [-0.05, 0) is 12.1 Å². The summed E-state index contributed by atoms with van der Waals surface area (Å²) in [4.78, 5) is 31.2. The second kappa shape index (κ2) is 5.39. The van der Waals surface area contributed by atoms with Gasteiger partial charge in [0.1, 0.15) is 5.75 Å². The van der Waals surface area contributed by atoms with Crippen LogP contribution in [0.25, 0.3) is 10.8 Å². The molecule has 0 aliphatic rings. The maximum Gasteiger partial charge on any atom is 0.352 e. The van der Waals surface area contributed by atoms with Crippen molar-refractivity contribution in [2.24, 2.45) is 0 Å². The van der Waals surface area contributed by atoms with Crippen LogP contribution in [0.15, 0.2) is 36.4 Å². The molecule has 0 aromatic heterocycles. The molecule has 0 bridgehead atoms. The summed E-state index contributed by atoms with van der Waals surface area (Å²) in [5, 5.41) is 1.38. The quantitative estimate of drug-likeness (QED) is 0.367. The predicted octanol–water partition coefficient (Wildman–Crippen LogP) is 2.62. The van der Waals surface area contributed by atoms with Crippen LogP contribution in [0, 0.1) is 0 Å². The van der Waals surface area contributed by atoms with Crippen molar-refractivity contribution in [3.05, 3.63) is 36.4 Å². The normalized spacial score (nSPS) is 10.0. The second-order valence-corrected chi connectivity index (χ2v) is 3.86. The van der Waals surface area contributed by atoms with Crippen molar-refractivity contribution in [3.8, 4) is 11.5 Å². The number of ether oxygens (including phenoxy) is 1. The van der Waals surface area contributed by atoms with E-state index in [1.54, 1.807) is 36.4 Å². The number of carbonyl (C=O) groups is 2. The minimum Gasteiger partial charge on any atom is -0.426 e. The molecule has 0 aliphatic heterocycles. The molecule has 0 radical (unpaired) electrons. The number of fused-ring (bicyclic) bond motifs is 1. The van der Waals surface area contributed by atoms with Crippen molar-refractivity contribution in [2.45, 2.75) is 13.8 Å². The van der Waals surface area contributed by atoms with Crippen LogP contribution in [0.4, 0.5) is 0 Å². The van der Waals surface area contributed by atoms with Gasteiger partial charge in [0.15, 0.2) is 5.75 Å². The predicted molar refractivity (Wildman–Crippen MR) is 67.7 cm³/mol. The van der Waals surface area contributed by atoms with Gasteiger partial charge in [-0.3, -0.25) is 14.6 Å². The monoisotopic (exact) mass is 260 g/mol. The fourth-order valence-corrected chi connectivity index (χ4v) is 1.67. The topological polar surface area (TPSA) is 61.8 Å². The van der Waals surface area contributed by atoms with E-state index in [2.05, 4.69) is 4.89 Å². The van der Waals surface area contributed by atoms with Crippen LogP contribution in [-0.4, -0.2) is 11.9 Å². The molecule has 19 heavy (non-hydrogen) atoms. The molecule has 2 aromatic rings. The molecule has 5 nitrogen and oxygen atoms in total. The molecular weight excluding hydrogens is 248 g/mol. The molecule has 0 saturated carbocycles. The summed E-state index contributed by atoms with van der Waals surface area (Å²) in [5.74, 6) is -0.146. The van der Waals surface area contributed by atoms with Gasteiger partial charge in [0, 0.05) is 24.6 Å². The van der Waals surface area contributed by atoms with Crippen molar-refractivity contribution in [2.75, 3.05) is 0 Å². The Balaban J connectivity index is 2.44. The summed E-state index contributed by atoms with van der Waals surface area (Å²) >= 11 is 0. The van der Waals surface area contributed by atoms with Crippen LogP contribution in [0.1, 0.15) is 13.8 Å². The third kappa shape index (κ3) is 3.01. The molecule has 0 unspecified atom stereocenters. The molecule has 0 fully saturated rings. The molecular formula is C14H12O5. The van der Waals surface area contributed by atoms with Crippen LogP contribution < -0.4 is 9.62 Å². The second-order valence-electron chi connectivity index (χ2n) is 3.86. The van der Waals surface area contributed by atoms with Gasteiger partial charge in [0.25, 0.3) is 0 Å². The summed E-state index contributed by atoms with van der Waals surface area (Å²) in [6.45, 7) is 2.58. The van der Waals surface area contributed by atoms with Gasteiger partial charge in [-0.1, -0.05) is 24.3 Å². The van der Waals surface area contributed by atoms with Crippen LogP contribution in [-0.2, 0) is 14.5 Å². The Morgan fingerprint density at radius 2 is 1.42 bits per heavy atom. The molecule has 0 saturated heterocycles. The van der Waals surface area contributed by atoms with Gasteiger partial charge in [-0.15, -0.1) is 0 Å². The molecule has 0 N–H and O–H groups in total. The third-order valence-electron chi connectivity index (χ3n) is 2.34. The zero-order chi connectivity index (χ0) is 13.8. The summed E-state index contributed by atoms with van der Waals surface area (Å²) in [7, 11) is 0. The van der Waals surface area contributed by atoms with Gasteiger partial charge >= 0.3 is 11.9 Å². The molecule has 0 atom stereocenters.